The number of ketones is 1. The van der Waals surface area contributed by atoms with Gasteiger partial charge in [-0.3, -0.25) is 14.5 Å². The predicted octanol–water partition coefficient (Wildman–Crippen LogP) is 6.82. The molecule has 8 nitrogen and oxygen atoms in total. The van der Waals surface area contributed by atoms with Crippen molar-refractivity contribution in [1.29, 1.82) is 0 Å². The summed E-state index contributed by atoms with van der Waals surface area (Å²) in [6.45, 7) is 6.46. The maximum Gasteiger partial charge on any atom is 0.296 e. The summed E-state index contributed by atoms with van der Waals surface area (Å²) in [6, 6.07) is 12.6. The zero-order valence-corrected chi connectivity index (χ0v) is 22.6. The number of carbonyl (C=O) groups is 2. The molecule has 0 fully saturated rings. The number of carbonyl (C=O) groups excluding carboxylic acids is 2. The van der Waals surface area contributed by atoms with Crippen LogP contribution in [0.2, 0.25) is 5.02 Å². The molecule has 1 aliphatic heterocycles. The number of thiazole rings is 1. The number of fused-ring (bicyclic) bond motifs is 1. The van der Waals surface area contributed by atoms with Crippen molar-refractivity contribution >= 4 is 50.0 Å². The molecular formula is C28H25ClN2O6S. The van der Waals surface area contributed by atoms with Crippen LogP contribution in [0.5, 0.6) is 11.5 Å². The normalized spacial score (nSPS) is 15.5. The summed E-state index contributed by atoms with van der Waals surface area (Å²) in [5.41, 5.74) is 1.07. The van der Waals surface area contributed by atoms with Gasteiger partial charge in [0.1, 0.15) is 5.76 Å². The Morgan fingerprint density at radius 3 is 2.66 bits per heavy atom. The van der Waals surface area contributed by atoms with Crippen molar-refractivity contribution in [2.24, 2.45) is 0 Å². The molecule has 0 aliphatic carbocycles. The smallest absolute Gasteiger partial charge is 0.296 e. The van der Waals surface area contributed by atoms with E-state index in [2.05, 4.69) is 4.98 Å². The van der Waals surface area contributed by atoms with Gasteiger partial charge in [0.05, 0.1) is 35.0 Å². The van der Waals surface area contributed by atoms with E-state index < -0.39 is 23.5 Å². The summed E-state index contributed by atoms with van der Waals surface area (Å²) in [6.07, 6.45) is 0.817. The summed E-state index contributed by atoms with van der Waals surface area (Å²) in [5.74, 6) is -0.422. The van der Waals surface area contributed by atoms with Gasteiger partial charge >= 0.3 is 0 Å². The van der Waals surface area contributed by atoms with Crippen LogP contribution in [-0.4, -0.2) is 35.0 Å². The predicted molar refractivity (Wildman–Crippen MR) is 146 cm³/mol. The Hall–Kier alpha value is -3.82. The highest BCUT2D eigenvalue weighted by molar-refractivity contribution is 7.22. The minimum Gasteiger partial charge on any atom is -0.503 e. The number of rotatable bonds is 9. The second kappa shape index (κ2) is 10.5. The fourth-order valence-corrected chi connectivity index (χ4v) is 5.59. The Morgan fingerprint density at radius 2 is 1.95 bits per heavy atom. The lowest BCUT2D eigenvalue weighted by atomic mass is 9.95. The molecule has 1 N–H and O–H groups in total. The van der Waals surface area contributed by atoms with Crippen molar-refractivity contribution in [1.82, 2.24) is 4.98 Å². The summed E-state index contributed by atoms with van der Waals surface area (Å²) in [5, 5.41) is 11.9. The van der Waals surface area contributed by atoms with Crippen molar-refractivity contribution in [2.45, 2.75) is 33.2 Å². The monoisotopic (exact) mass is 552 g/mol. The first-order valence-electron chi connectivity index (χ1n) is 12.2. The fraction of sp³-hybridized carbons (Fsp3) is 0.250. The number of aliphatic hydroxyl groups excluding tert-OH is 1. The minimum absolute atomic E-state index is 0.0210. The molecule has 2 aromatic carbocycles. The van der Waals surface area contributed by atoms with Crippen molar-refractivity contribution < 1.29 is 28.6 Å². The lowest BCUT2D eigenvalue weighted by Gasteiger charge is -2.25. The molecular weight excluding hydrogens is 528 g/mol. The average molecular weight is 553 g/mol. The molecule has 0 saturated heterocycles. The number of aryl methyl sites for hydroxylation is 1. The molecule has 1 unspecified atom stereocenters. The van der Waals surface area contributed by atoms with Crippen LogP contribution in [-0.2, 0) is 4.79 Å². The maximum atomic E-state index is 13.6. The van der Waals surface area contributed by atoms with E-state index in [9.17, 15) is 14.7 Å². The van der Waals surface area contributed by atoms with Crippen LogP contribution in [0.1, 0.15) is 48.2 Å². The highest BCUT2D eigenvalue weighted by atomic mass is 35.5. The highest BCUT2D eigenvalue weighted by Crippen LogP contribution is 2.46. The Labute approximate surface area is 228 Å². The molecule has 0 spiro atoms. The first-order chi connectivity index (χ1) is 18.3. The third-order valence-corrected chi connectivity index (χ3v) is 7.26. The van der Waals surface area contributed by atoms with E-state index in [1.54, 1.807) is 49.4 Å². The summed E-state index contributed by atoms with van der Waals surface area (Å²) in [7, 11) is 0. The Morgan fingerprint density at radius 1 is 1.13 bits per heavy atom. The lowest BCUT2D eigenvalue weighted by Crippen LogP contribution is -2.31. The van der Waals surface area contributed by atoms with Crippen molar-refractivity contribution in [2.75, 3.05) is 18.1 Å². The second-order valence-electron chi connectivity index (χ2n) is 8.68. The van der Waals surface area contributed by atoms with Crippen molar-refractivity contribution in [3.05, 3.63) is 82.0 Å². The van der Waals surface area contributed by atoms with E-state index in [4.69, 9.17) is 25.5 Å². The molecule has 1 amide bonds. The van der Waals surface area contributed by atoms with Gasteiger partial charge in [-0.25, -0.2) is 4.98 Å². The highest BCUT2D eigenvalue weighted by Gasteiger charge is 2.46. The Bertz CT molecular complexity index is 1570. The zero-order chi connectivity index (χ0) is 27.0. The number of amides is 1. The molecule has 0 bridgehead atoms. The van der Waals surface area contributed by atoms with Crippen LogP contribution in [0.15, 0.2) is 64.3 Å². The van der Waals surface area contributed by atoms with Crippen LogP contribution in [0.25, 0.3) is 10.2 Å². The minimum atomic E-state index is -0.990. The fourth-order valence-electron chi connectivity index (χ4n) is 4.32. The van der Waals surface area contributed by atoms with E-state index in [1.807, 2.05) is 13.8 Å². The van der Waals surface area contributed by atoms with Gasteiger partial charge in [0.15, 0.2) is 28.1 Å². The Balaban J connectivity index is 1.67. The second-order valence-corrected chi connectivity index (χ2v) is 10.1. The van der Waals surface area contributed by atoms with E-state index in [1.165, 1.54) is 22.3 Å². The number of halogens is 1. The zero-order valence-electron chi connectivity index (χ0n) is 21.0. The molecule has 196 valence electrons. The molecule has 1 atom stereocenters. The maximum absolute atomic E-state index is 13.6. The molecule has 0 saturated carbocycles. The number of hydrogen-bond donors (Lipinski definition) is 1. The summed E-state index contributed by atoms with van der Waals surface area (Å²) < 4.78 is 18.0. The van der Waals surface area contributed by atoms with Crippen LogP contribution >= 0.6 is 22.9 Å². The number of Topliss-reactive ketones (excluding diaryl/α,β-unsaturated/α-hetero) is 1. The topological polar surface area (TPSA) is 102 Å². The lowest BCUT2D eigenvalue weighted by molar-refractivity contribution is -0.117. The van der Waals surface area contributed by atoms with Crippen LogP contribution in [0.3, 0.4) is 0 Å². The molecule has 1 aliphatic rings. The number of anilines is 1. The van der Waals surface area contributed by atoms with E-state index in [0.29, 0.717) is 51.7 Å². The van der Waals surface area contributed by atoms with E-state index in [0.717, 1.165) is 11.1 Å². The first kappa shape index (κ1) is 25.8. The standard InChI is InChI=1S/C28H25ClN2O6S/c1-4-12-36-19-11-7-16(13-21(19)35-5-2)24-23(25(32)20-10-6-15(3)37-20)26(33)27(34)31(24)28-30-18-9-8-17(29)14-22(18)38-28/h6-11,13-14,24,33H,4-5,12H2,1-3H3. The molecule has 3 heterocycles. The number of aromatic nitrogens is 1. The molecule has 5 rings (SSSR count). The van der Waals surface area contributed by atoms with Crippen molar-refractivity contribution in [3.63, 3.8) is 0 Å². The largest absolute Gasteiger partial charge is 0.503 e. The third-order valence-electron chi connectivity index (χ3n) is 6.01. The van der Waals surface area contributed by atoms with Gasteiger partial charge in [-0.05, 0) is 68.3 Å². The molecule has 2 aromatic heterocycles. The number of furan rings is 1. The average Bonchev–Trinajstić information content (AvgIpc) is 3.59. The van der Waals surface area contributed by atoms with Gasteiger partial charge in [0.2, 0.25) is 5.78 Å². The molecule has 4 aromatic rings. The number of hydrogen-bond acceptors (Lipinski definition) is 8. The van der Waals surface area contributed by atoms with Crippen LogP contribution in [0.4, 0.5) is 5.13 Å². The molecule has 10 heteroatoms. The van der Waals surface area contributed by atoms with Gasteiger partial charge in [0, 0.05) is 5.02 Å². The van der Waals surface area contributed by atoms with Gasteiger partial charge in [-0.15, -0.1) is 0 Å². The third kappa shape index (κ3) is 4.63. The quantitative estimate of drug-likeness (QED) is 0.227. The molecule has 0 radical (unpaired) electrons. The van der Waals surface area contributed by atoms with E-state index >= 15 is 0 Å². The van der Waals surface area contributed by atoms with Gasteiger partial charge in [-0.2, -0.15) is 0 Å². The summed E-state index contributed by atoms with van der Waals surface area (Å²) >= 11 is 7.40. The first-order valence-corrected chi connectivity index (χ1v) is 13.3. The van der Waals surface area contributed by atoms with Crippen molar-refractivity contribution in [3.8, 4) is 11.5 Å². The molecule has 38 heavy (non-hydrogen) atoms. The number of benzene rings is 2. The summed E-state index contributed by atoms with van der Waals surface area (Å²) in [4.78, 5) is 33.1. The van der Waals surface area contributed by atoms with Crippen LogP contribution in [0, 0.1) is 6.92 Å². The Kier molecular flexibility index (Phi) is 7.14. The number of ether oxygens (including phenoxy) is 2. The van der Waals surface area contributed by atoms with Gasteiger partial charge in [0.25, 0.3) is 5.91 Å². The van der Waals surface area contributed by atoms with Gasteiger partial charge < -0.3 is 19.0 Å². The number of nitrogens with zero attached hydrogens (tertiary/aromatic N) is 2. The van der Waals surface area contributed by atoms with Gasteiger partial charge in [-0.1, -0.05) is 35.9 Å². The SMILES string of the molecule is CCCOc1ccc(C2C(C(=O)c3ccc(C)o3)=C(O)C(=O)N2c2nc3ccc(Cl)cc3s2)cc1OCC. The van der Waals surface area contributed by atoms with Crippen LogP contribution < -0.4 is 14.4 Å². The number of aliphatic hydroxyl groups is 1. The van der Waals surface area contributed by atoms with E-state index in [-0.39, 0.29) is 11.3 Å².